The fourth-order valence-electron chi connectivity index (χ4n) is 2.62. The number of rotatable bonds is 5. The zero-order valence-electron chi connectivity index (χ0n) is 12.8. The molecule has 2 atom stereocenters. The van der Waals surface area contributed by atoms with Gasteiger partial charge in [0.2, 0.25) is 5.91 Å². The number of hydrogen-bond donors (Lipinski definition) is 2. The van der Waals surface area contributed by atoms with Gasteiger partial charge < -0.3 is 15.5 Å². The van der Waals surface area contributed by atoms with E-state index in [2.05, 4.69) is 29.4 Å². The van der Waals surface area contributed by atoms with Crippen LogP contribution >= 0.6 is 0 Å². The minimum Gasteiger partial charge on any atom is -0.384 e. The number of nitrogens with one attached hydrogen (secondary N) is 2. The molecule has 1 aromatic rings. The van der Waals surface area contributed by atoms with E-state index in [-0.39, 0.29) is 17.9 Å². The van der Waals surface area contributed by atoms with E-state index >= 15 is 0 Å². The first-order valence-corrected chi connectivity index (χ1v) is 7.27. The number of likely N-dealkylation sites (N-methyl/N-ethyl adjacent to an activating group) is 1. The van der Waals surface area contributed by atoms with Crippen LogP contribution in [-0.2, 0) is 4.79 Å². The van der Waals surface area contributed by atoms with E-state index in [4.69, 9.17) is 0 Å². The summed E-state index contributed by atoms with van der Waals surface area (Å²) in [7, 11) is 4.07. The van der Waals surface area contributed by atoms with Crippen molar-refractivity contribution in [2.45, 2.75) is 25.8 Å². The van der Waals surface area contributed by atoms with Crippen molar-refractivity contribution >= 4 is 11.6 Å². The van der Waals surface area contributed by atoms with E-state index in [0.29, 0.717) is 12.5 Å². The third kappa shape index (κ3) is 3.31. The molecule has 0 aliphatic carbocycles. The molecule has 1 heterocycles. The Kier molecular flexibility index (Phi) is 4.65. The second-order valence-electron chi connectivity index (χ2n) is 6.14. The summed E-state index contributed by atoms with van der Waals surface area (Å²) >= 11 is 0. The van der Waals surface area contributed by atoms with E-state index in [9.17, 15) is 4.79 Å². The van der Waals surface area contributed by atoms with Gasteiger partial charge >= 0.3 is 0 Å². The summed E-state index contributed by atoms with van der Waals surface area (Å²) in [6.07, 6.45) is 0. The van der Waals surface area contributed by atoms with Crippen LogP contribution in [0, 0.1) is 5.92 Å². The van der Waals surface area contributed by atoms with E-state index in [1.54, 1.807) is 0 Å². The van der Waals surface area contributed by atoms with Gasteiger partial charge in [0, 0.05) is 24.8 Å². The fraction of sp³-hybridized carbons (Fsp3) is 0.562. The van der Waals surface area contributed by atoms with E-state index < -0.39 is 0 Å². The lowest BCUT2D eigenvalue weighted by atomic mass is 9.98. The molecule has 110 valence electrons. The second kappa shape index (κ2) is 6.27. The maximum Gasteiger partial charge on any atom is 0.229 e. The van der Waals surface area contributed by atoms with Crippen LogP contribution in [0.1, 0.15) is 25.3 Å². The van der Waals surface area contributed by atoms with E-state index in [1.165, 1.54) is 0 Å². The lowest BCUT2D eigenvalue weighted by molar-refractivity contribution is -0.123. The summed E-state index contributed by atoms with van der Waals surface area (Å²) in [6.45, 7) is 5.85. The molecule has 0 saturated carbocycles. The van der Waals surface area contributed by atoms with Crippen molar-refractivity contribution in [2.24, 2.45) is 5.92 Å². The van der Waals surface area contributed by atoms with Crippen LogP contribution in [0.25, 0.3) is 0 Å². The first-order chi connectivity index (χ1) is 9.49. The van der Waals surface area contributed by atoms with Gasteiger partial charge in [-0.2, -0.15) is 0 Å². The zero-order valence-corrected chi connectivity index (χ0v) is 12.8. The normalized spacial score (nSPS) is 18.8. The number of carbonyl (C=O) groups excluding carboxylic acids is 1. The molecule has 0 spiro atoms. The Hall–Kier alpha value is -1.55. The smallest absolute Gasteiger partial charge is 0.229 e. The molecule has 0 fully saturated rings. The molecule has 0 saturated heterocycles. The predicted octanol–water partition coefficient (Wildman–Crippen LogP) is 1.90. The molecular weight excluding hydrogens is 250 g/mol. The number of anilines is 1. The lowest BCUT2D eigenvalue weighted by Gasteiger charge is -2.27. The van der Waals surface area contributed by atoms with Gasteiger partial charge in [-0.3, -0.25) is 4.79 Å². The minimum atomic E-state index is -0.0744. The zero-order chi connectivity index (χ0) is 14.7. The van der Waals surface area contributed by atoms with Gasteiger partial charge in [0.25, 0.3) is 0 Å². The number of hydrogen-bond acceptors (Lipinski definition) is 3. The van der Waals surface area contributed by atoms with Crippen LogP contribution in [0.5, 0.6) is 0 Å². The largest absolute Gasteiger partial charge is 0.384 e. The van der Waals surface area contributed by atoms with Gasteiger partial charge in [0.1, 0.15) is 0 Å². The highest BCUT2D eigenvalue weighted by Crippen LogP contribution is 2.31. The maximum atomic E-state index is 12.5. The molecule has 1 aliphatic heterocycles. The topological polar surface area (TPSA) is 44.4 Å². The fourth-order valence-corrected chi connectivity index (χ4v) is 2.62. The summed E-state index contributed by atoms with van der Waals surface area (Å²) < 4.78 is 0. The van der Waals surface area contributed by atoms with Crippen LogP contribution in [-0.4, -0.2) is 44.0 Å². The Balaban J connectivity index is 2.05. The molecule has 2 unspecified atom stereocenters. The van der Waals surface area contributed by atoms with Gasteiger partial charge in [0.05, 0.1) is 5.92 Å². The quantitative estimate of drug-likeness (QED) is 0.862. The molecule has 4 nitrogen and oxygen atoms in total. The molecule has 1 aromatic carbocycles. The first kappa shape index (κ1) is 14.9. The molecule has 0 bridgehead atoms. The number of carbonyl (C=O) groups is 1. The standard InChI is InChI=1S/C16H25N3O/c1-11(2)15(10-19(3)4)18-16(20)13-9-17-14-8-6-5-7-12(13)14/h5-8,11,13,15,17H,9-10H2,1-4H3,(H,18,20). The molecule has 0 radical (unpaired) electrons. The molecule has 2 rings (SSSR count). The summed E-state index contributed by atoms with van der Waals surface area (Å²) in [5.74, 6) is 0.476. The Morgan fingerprint density at radius 2 is 2.10 bits per heavy atom. The van der Waals surface area contributed by atoms with Crippen molar-refractivity contribution in [3.63, 3.8) is 0 Å². The third-order valence-corrected chi connectivity index (χ3v) is 3.84. The van der Waals surface area contributed by atoms with Gasteiger partial charge in [0.15, 0.2) is 0 Å². The average Bonchev–Trinajstić information content (AvgIpc) is 2.81. The Morgan fingerprint density at radius 3 is 2.75 bits per heavy atom. The van der Waals surface area contributed by atoms with Crippen molar-refractivity contribution < 1.29 is 4.79 Å². The lowest BCUT2D eigenvalue weighted by Crippen LogP contribution is -2.46. The highest BCUT2D eigenvalue weighted by atomic mass is 16.2. The Labute approximate surface area is 121 Å². The van der Waals surface area contributed by atoms with Gasteiger partial charge in [-0.15, -0.1) is 0 Å². The summed E-state index contributed by atoms with van der Waals surface area (Å²) in [5.41, 5.74) is 2.19. The van der Waals surface area contributed by atoms with Crippen molar-refractivity contribution in [2.75, 3.05) is 32.5 Å². The second-order valence-corrected chi connectivity index (χ2v) is 6.14. The number of benzene rings is 1. The van der Waals surface area contributed by atoms with Crippen molar-refractivity contribution in [1.82, 2.24) is 10.2 Å². The van der Waals surface area contributed by atoms with Gasteiger partial charge in [-0.1, -0.05) is 32.0 Å². The molecule has 0 aromatic heterocycles. The molecule has 20 heavy (non-hydrogen) atoms. The van der Waals surface area contributed by atoms with Crippen molar-refractivity contribution in [3.05, 3.63) is 29.8 Å². The van der Waals surface area contributed by atoms with Gasteiger partial charge in [-0.05, 0) is 31.6 Å². The Morgan fingerprint density at radius 1 is 1.40 bits per heavy atom. The van der Waals surface area contributed by atoms with Crippen LogP contribution in [0.4, 0.5) is 5.69 Å². The van der Waals surface area contributed by atoms with Gasteiger partial charge in [-0.25, -0.2) is 0 Å². The Bertz CT molecular complexity index is 471. The number of amides is 1. The highest BCUT2D eigenvalue weighted by Gasteiger charge is 2.30. The number of nitrogens with zero attached hydrogens (tertiary/aromatic N) is 1. The van der Waals surface area contributed by atoms with E-state index in [0.717, 1.165) is 17.8 Å². The molecule has 1 aliphatic rings. The SMILES string of the molecule is CC(C)C(CN(C)C)NC(=O)C1CNc2ccccc21. The summed E-state index contributed by atoms with van der Waals surface area (Å²) in [4.78, 5) is 14.7. The van der Waals surface area contributed by atoms with Crippen LogP contribution in [0.3, 0.4) is 0 Å². The van der Waals surface area contributed by atoms with Crippen molar-refractivity contribution in [1.29, 1.82) is 0 Å². The van der Waals surface area contributed by atoms with E-state index in [1.807, 2.05) is 38.4 Å². The molecule has 4 heteroatoms. The van der Waals surface area contributed by atoms with Crippen LogP contribution in [0.15, 0.2) is 24.3 Å². The average molecular weight is 275 g/mol. The van der Waals surface area contributed by atoms with Crippen LogP contribution in [0.2, 0.25) is 0 Å². The first-order valence-electron chi connectivity index (χ1n) is 7.27. The minimum absolute atomic E-state index is 0.0744. The van der Waals surface area contributed by atoms with Crippen LogP contribution < -0.4 is 10.6 Å². The third-order valence-electron chi connectivity index (χ3n) is 3.84. The number of fused-ring (bicyclic) bond motifs is 1. The molecule has 1 amide bonds. The maximum absolute atomic E-state index is 12.5. The summed E-state index contributed by atoms with van der Waals surface area (Å²) in [5, 5.41) is 6.51. The predicted molar refractivity (Wildman–Crippen MR) is 83.0 cm³/mol. The van der Waals surface area contributed by atoms with Crippen molar-refractivity contribution in [3.8, 4) is 0 Å². The molecular formula is C16H25N3O. The summed E-state index contributed by atoms with van der Waals surface area (Å²) in [6, 6.07) is 8.24. The number of para-hydroxylation sites is 1. The highest BCUT2D eigenvalue weighted by molar-refractivity contribution is 5.88. The monoisotopic (exact) mass is 275 g/mol. The molecule has 2 N–H and O–H groups in total.